The Balaban J connectivity index is 1.64. The summed E-state index contributed by atoms with van der Waals surface area (Å²) in [4.78, 5) is 23.8. The van der Waals surface area contributed by atoms with Gasteiger partial charge in [0.2, 0.25) is 15.8 Å². The second kappa shape index (κ2) is 9.01. The molecule has 2 aromatic rings. The molecule has 0 bridgehead atoms. The molecule has 1 aliphatic heterocycles. The van der Waals surface area contributed by atoms with E-state index in [0.29, 0.717) is 24.9 Å². The van der Waals surface area contributed by atoms with E-state index >= 15 is 0 Å². The van der Waals surface area contributed by atoms with Crippen molar-refractivity contribution in [1.29, 1.82) is 0 Å². The minimum Gasteiger partial charge on any atom is -0.463 e. The lowest BCUT2D eigenvalue weighted by molar-refractivity contribution is 0.0438. The van der Waals surface area contributed by atoms with E-state index in [1.165, 1.54) is 47.8 Å². The first-order valence-electron chi connectivity index (χ1n) is 9.65. The summed E-state index contributed by atoms with van der Waals surface area (Å²) < 4.78 is 42.3. The van der Waals surface area contributed by atoms with Crippen LogP contribution in [0.1, 0.15) is 46.9 Å². The Kier molecular flexibility index (Phi) is 6.62. The second-order valence-electron chi connectivity index (χ2n) is 7.63. The molecule has 0 aliphatic carbocycles. The van der Waals surface area contributed by atoms with Crippen LogP contribution in [0.25, 0.3) is 0 Å². The zero-order chi connectivity index (χ0) is 21.9. The Bertz CT molecular complexity index is 1000. The van der Waals surface area contributed by atoms with Crippen molar-refractivity contribution in [1.82, 2.24) is 4.31 Å². The number of nitrogens with zero attached hydrogens (tertiary/aromatic N) is 1. The minimum absolute atomic E-state index is 0.0134. The topological polar surface area (TPSA) is 103 Å². The molecule has 0 unspecified atom stereocenters. The molecule has 1 aliphatic rings. The monoisotopic (exact) mass is 435 g/mol. The number of hydrogen-bond donors (Lipinski definition) is 0. The summed E-state index contributed by atoms with van der Waals surface area (Å²) >= 11 is 0. The number of carbonyl (C=O) groups is 2. The van der Waals surface area contributed by atoms with Gasteiger partial charge in [-0.1, -0.05) is 13.8 Å². The molecule has 2 heterocycles. The molecule has 1 aromatic heterocycles. The van der Waals surface area contributed by atoms with Crippen molar-refractivity contribution < 1.29 is 31.9 Å². The molecule has 9 heteroatoms. The third kappa shape index (κ3) is 4.91. The predicted octanol–water partition coefficient (Wildman–Crippen LogP) is 3.09. The predicted molar refractivity (Wildman–Crippen MR) is 107 cm³/mol. The third-order valence-corrected chi connectivity index (χ3v) is 6.80. The number of piperidine rings is 1. The van der Waals surface area contributed by atoms with E-state index in [4.69, 9.17) is 9.15 Å². The van der Waals surface area contributed by atoms with Gasteiger partial charge in [-0.2, -0.15) is 4.31 Å². The van der Waals surface area contributed by atoms with Gasteiger partial charge in [-0.3, -0.25) is 0 Å². The number of rotatable bonds is 6. The fourth-order valence-electron chi connectivity index (χ4n) is 3.60. The van der Waals surface area contributed by atoms with Crippen molar-refractivity contribution in [3.8, 4) is 0 Å². The highest BCUT2D eigenvalue weighted by Crippen LogP contribution is 2.27. The number of sulfonamides is 1. The minimum atomic E-state index is -3.61. The van der Waals surface area contributed by atoms with E-state index in [2.05, 4.69) is 4.74 Å². The van der Waals surface area contributed by atoms with Crippen LogP contribution in [0, 0.1) is 11.8 Å². The number of methoxy groups -OCH3 is 1. The number of hydrogen-bond acceptors (Lipinski definition) is 7. The maximum Gasteiger partial charge on any atom is 0.373 e. The first-order chi connectivity index (χ1) is 14.2. The summed E-state index contributed by atoms with van der Waals surface area (Å²) in [5, 5.41) is 0. The number of esters is 2. The first kappa shape index (κ1) is 22.0. The number of carbonyl (C=O) groups excluding carboxylic acids is 2. The van der Waals surface area contributed by atoms with Crippen molar-refractivity contribution in [2.75, 3.05) is 20.2 Å². The van der Waals surface area contributed by atoms with Crippen LogP contribution < -0.4 is 0 Å². The molecular formula is C21H25NO7S. The molecule has 1 fully saturated rings. The quantitative estimate of drug-likeness (QED) is 0.642. The third-order valence-electron chi connectivity index (χ3n) is 4.96. The molecule has 1 aromatic carbocycles. The molecule has 1 saturated heterocycles. The van der Waals surface area contributed by atoms with E-state index in [1.807, 2.05) is 13.8 Å². The second-order valence-corrected chi connectivity index (χ2v) is 9.56. The van der Waals surface area contributed by atoms with Crippen LogP contribution >= 0.6 is 0 Å². The van der Waals surface area contributed by atoms with Gasteiger partial charge >= 0.3 is 11.9 Å². The van der Waals surface area contributed by atoms with Crippen molar-refractivity contribution in [3.63, 3.8) is 0 Å². The van der Waals surface area contributed by atoms with Gasteiger partial charge in [0.05, 0.1) is 17.6 Å². The van der Waals surface area contributed by atoms with E-state index < -0.39 is 22.0 Å². The lowest BCUT2D eigenvalue weighted by Crippen LogP contribution is -2.42. The van der Waals surface area contributed by atoms with Crippen LogP contribution in [-0.2, 0) is 26.1 Å². The molecule has 30 heavy (non-hydrogen) atoms. The maximum absolute atomic E-state index is 12.9. The lowest BCUT2D eigenvalue weighted by atomic mass is 9.94. The molecule has 8 nitrogen and oxygen atoms in total. The summed E-state index contributed by atoms with van der Waals surface area (Å²) in [5.74, 6) is -0.342. The van der Waals surface area contributed by atoms with Crippen LogP contribution in [0.3, 0.4) is 0 Å². The summed E-state index contributed by atoms with van der Waals surface area (Å²) in [5.41, 5.74) is 0.217. The standard InChI is InChI=1S/C21H25NO7S/c1-14-10-15(2)12-22(11-14)30(25,26)18-7-4-16(5-8-18)20(23)28-13-17-6-9-19(29-17)21(24)27-3/h4-9,14-15H,10-13H2,1-3H3/t14-,15+. The average molecular weight is 435 g/mol. The fraction of sp³-hybridized carbons (Fsp3) is 0.429. The largest absolute Gasteiger partial charge is 0.463 e. The molecule has 2 atom stereocenters. The number of benzene rings is 1. The zero-order valence-corrected chi connectivity index (χ0v) is 18.0. The van der Waals surface area contributed by atoms with Crippen LogP contribution in [0.5, 0.6) is 0 Å². The van der Waals surface area contributed by atoms with Gasteiger partial charge in [0.15, 0.2) is 0 Å². The molecule has 0 saturated carbocycles. The van der Waals surface area contributed by atoms with E-state index in [1.54, 1.807) is 0 Å². The summed E-state index contributed by atoms with van der Waals surface area (Å²) in [7, 11) is -2.37. The Morgan fingerprint density at radius 2 is 1.67 bits per heavy atom. The van der Waals surface area contributed by atoms with Crippen LogP contribution in [0.2, 0.25) is 0 Å². The summed E-state index contributed by atoms with van der Waals surface area (Å²) in [6.07, 6.45) is 1.01. The number of ether oxygens (including phenoxy) is 2. The maximum atomic E-state index is 12.9. The SMILES string of the molecule is COC(=O)c1ccc(COC(=O)c2ccc(S(=O)(=O)N3C[C@H](C)C[C@H](C)C3)cc2)o1. The van der Waals surface area contributed by atoms with Gasteiger partial charge in [0, 0.05) is 13.1 Å². The lowest BCUT2D eigenvalue weighted by Gasteiger charge is -2.34. The molecule has 0 radical (unpaired) electrons. The first-order valence-corrected chi connectivity index (χ1v) is 11.1. The van der Waals surface area contributed by atoms with Gasteiger partial charge in [-0.05, 0) is 54.7 Å². The highest BCUT2D eigenvalue weighted by molar-refractivity contribution is 7.89. The Labute approximate surface area is 175 Å². The molecule has 0 N–H and O–H groups in total. The van der Waals surface area contributed by atoms with E-state index in [9.17, 15) is 18.0 Å². The van der Waals surface area contributed by atoms with Crippen molar-refractivity contribution in [2.45, 2.75) is 31.8 Å². The molecule has 0 spiro atoms. The normalized spacial score (nSPS) is 20.0. The van der Waals surface area contributed by atoms with Crippen molar-refractivity contribution >= 4 is 22.0 Å². The summed E-state index contributed by atoms with van der Waals surface area (Å²) in [6.45, 7) is 4.91. The molecule has 0 amide bonds. The number of furan rings is 1. The van der Waals surface area contributed by atoms with Gasteiger partial charge in [-0.25, -0.2) is 18.0 Å². The van der Waals surface area contributed by atoms with Gasteiger partial charge in [-0.15, -0.1) is 0 Å². The smallest absolute Gasteiger partial charge is 0.373 e. The molecule has 162 valence electrons. The van der Waals surface area contributed by atoms with Crippen LogP contribution in [-0.4, -0.2) is 44.9 Å². The van der Waals surface area contributed by atoms with Gasteiger partial charge in [0.1, 0.15) is 12.4 Å². The van der Waals surface area contributed by atoms with E-state index in [0.717, 1.165) is 6.42 Å². The van der Waals surface area contributed by atoms with Gasteiger partial charge < -0.3 is 13.9 Å². The van der Waals surface area contributed by atoms with Crippen LogP contribution in [0.15, 0.2) is 45.7 Å². The van der Waals surface area contributed by atoms with Gasteiger partial charge in [0.25, 0.3) is 0 Å². The van der Waals surface area contributed by atoms with Crippen molar-refractivity contribution in [3.05, 3.63) is 53.5 Å². The van der Waals surface area contributed by atoms with E-state index in [-0.39, 0.29) is 28.6 Å². The Hall–Kier alpha value is -2.65. The summed E-state index contributed by atoms with van der Waals surface area (Å²) in [6, 6.07) is 8.62. The fourth-order valence-corrected chi connectivity index (χ4v) is 5.28. The Morgan fingerprint density at radius 1 is 1.03 bits per heavy atom. The molecule has 3 rings (SSSR count). The average Bonchev–Trinajstić information content (AvgIpc) is 3.20. The Morgan fingerprint density at radius 3 is 2.27 bits per heavy atom. The van der Waals surface area contributed by atoms with Crippen LogP contribution in [0.4, 0.5) is 0 Å². The highest BCUT2D eigenvalue weighted by atomic mass is 32.2. The highest BCUT2D eigenvalue weighted by Gasteiger charge is 2.31. The molecular weight excluding hydrogens is 410 g/mol. The van der Waals surface area contributed by atoms with Crippen molar-refractivity contribution in [2.24, 2.45) is 11.8 Å². The zero-order valence-electron chi connectivity index (χ0n) is 17.2.